The van der Waals surface area contributed by atoms with Crippen LogP contribution in [0.25, 0.3) is 0 Å². The molecule has 5 nitrogen and oxygen atoms in total. The summed E-state index contributed by atoms with van der Waals surface area (Å²) in [6.07, 6.45) is 1.75. The van der Waals surface area contributed by atoms with Gasteiger partial charge < -0.3 is 14.7 Å². The lowest BCUT2D eigenvalue weighted by atomic mass is 10.2. The molecule has 1 aliphatic heterocycles. The molecule has 26 heavy (non-hydrogen) atoms. The van der Waals surface area contributed by atoms with E-state index >= 15 is 0 Å². The molecule has 1 saturated heterocycles. The first-order chi connectivity index (χ1) is 12.7. The highest BCUT2D eigenvalue weighted by atomic mass is 16.2. The van der Waals surface area contributed by atoms with E-state index in [1.807, 2.05) is 23.1 Å². The van der Waals surface area contributed by atoms with Gasteiger partial charge in [-0.3, -0.25) is 9.78 Å². The fourth-order valence-electron chi connectivity index (χ4n) is 3.35. The number of hydrogen-bond acceptors (Lipinski definition) is 4. The van der Waals surface area contributed by atoms with Crippen LogP contribution in [-0.4, -0.2) is 60.0 Å². The van der Waals surface area contributed by atoms with E-state index in [9.17, 15) is 4.79 Å². The molecular formula is C21H28N4O. The Bertz CT molecular complexity index is 711. The first-order valence-corrected chi connectivity index (χ1v) is 9.47. The maximum absolute atomic E-state index is 12.8. The van der Waals surface area contributed by atoms with E-state index in [4.69, 9.17) is 0 Å². The molecule has 0 atom stereocenters. The molecule has 1 amide bonds. The number of piperazine rings is 1. The lowest BCUT2D eigenvalue weighted by Gasteiger charge is -2.34. The van der Waals surface area contributed by atoms with Gasteiger partial charge in [-0.2, -0.15) is 0 Å². The van der Waals surface area contributed by atoms with Crippen LogP contribution >= 0.6 is 0 Å². The molecule has 1 aliphatic rings. The van der Waals surface area contributed by atoms with E-state index in [0.29, 0.717) is 5.69 Å². The number of benzene rings is 1. The number of nitrogens with zero attached hydrogens (tertiary/aromatic N) is 4. The monoisotopic (exact) mass is 352 g/mol. The van der Waals surface area contributed by atoms with Crippen LogP contribution in [0.5, 0.6) is 0 Å². The maximum Gasteiger partial charge on any atom is 0.272 e. The summed E-state index contributed by atoms with van der Waals surface area (Å²) in [6, 6.07) is 14.3. The normalized spacial score (nSPS) is 15.1. The highest BCUT2D eigenvalue weighted by molar-refractivity contribution is 5.93. The lowest BCUT2D eigenvalue weighted by molar-refractivity contribution is 0.0637. The van der Waals surface area contributed by atoms with Gasteiger partial charge in [0.15, 0.2) is 0 Å². The number of anilines is 1. The van der Waals surface area contributed by atoms with Gasteiger partial charge in [-0.15, -0.1) is 0 Å². The van der Waals surface area contributed by atoms with E-state index in [1.54, 1.807) is 6.20 Å². The van der Waals surface area contributed by atoms with Gasteiger partial charge in [-0.1, -0.05) is 37.3 Å². The van der Waals surface area contributed by atoms with Crippen molar-refractivity contribution < 1.29 is 4.79 Å². The van der Waals surface area contributed by atoms with Crippen LogP contribution in [0, 0.1) is 0 Å². The Kier molecular flexibility index (Phi) is 6.23. The predicted molar refractivity (Wildman–Crippen MR) is 105 cm³/mol. The van der Waals surface area contributed by atoms with Crippen LogP contribution in [0.1, 0.15) is 29.9 Å². The second-order valence-corrected chi connectivity index (χ2v) is 6.63. The van der Waals surface area contributed by atoms with E-state index in [2.05, 4.69) is 52.9 Å². The molecule has 1 aromatic carbocycles. The number of carbonyl (C=O) groups excluding carboxylic acids is 1. The lowest BCUT2D eigenvalue weighted by Crippen LogP contribution is -2.48. The van der Waals surface area contributed by atoms with Crippen molar-refractivity contribution in [2.45, 2.75) is 20.4 Å². The third kappa shape index (κ3) is 4.41. The first-order valence-electron chi connectivity index (χ1n) is 9.47. The standard InChI is InChI=1S/C21H28N4O/c1-3-23-12-14-25(15-13-23)21(26)20-16-19(10-11-22-20)24(4-2)17-18-8-6-5-7-9-18/h5-11,16H,3-4,12-15,17H2,1-2H3. The van der Waals surface area contributed by atoms with Gasteiger partial charge in [-0.05, 0) is 31.2 Å². The Morgan fingerprint density at radius 1 is 1.08 bits per heavy atom. The van der Waals surface area contributed by atoms with Crippen LogP contribution < -0.4 is 4.90 Å². The van der Waals surface area contributed by atoms with Crippen molar-refractivity contribution in [3.63, 3.8) is 0 Å². The van der Waals surface area contributed by atoms with Crippen molar-refractivity contribution in [1.82, 2.24) is 14.8 Å². The van der Waals surface area contributed by atoms with Crippen LogP contribution in [0.15, 0.2) is 48.7 Å². The summed E-state index contributed by atoms with van der Waals surface area (Å²) in [5.74, 6) is 0.0402. The average molecular weight is 352 g/mol. The Morgan fingerprint density at radius 3 is 2.46 bits per heavy atom. The fourth-order valence-corrected chi connectivity index (χ4v) is 3.35. The molecule has 3 rings (SSSR count). The van der Waals surface area contributed by atoms with Gasteiger partial charge in [0.05, 0.1) is 0 Å². The molecule has 0 unspecified atom stereocenters. The number of rotatable bonds is 6. The van der Waals surface area contributed by atoms with E-state index in [1.165, 1.54) is 5.56 Å². The van der Waals surface area contributed by atoms with Crippen molar-refractivity contribution in [2.75, 3.05) is 44.2 Å². The molecular weight excluding hydrogens is 324 g/mol. The van der Waals surface area contributed by atoms with Crippen molar-refractivity contribution in [2.24, 2.45) is 0 Å². The second kappa shape index (κ2) is 8.81. The Hall–Kier alpha value is -2.40. The number of carbonyl (C=O) groups is 1. The second-order valence-electron chi connectivity index (χ2n) is 6.63. The van der Waals surface area contributed by atoms with E-state index < -0.39 is 0 Å². The molecule has 0 bridgehead atoms. The molecule has 0 saturated carbocycles. The van der Waals surface area contributed by atoms with Gasteiger partial charge >= 0.3 is 0 Å². The molecule has 1 fully saturated rings. The Balaban J connectivity index is 1.71. The summed E-state index contributed by atoms with van der Waals surface area (Å²) in [4.78, 5) is 23.7. The summed E-state index contributed by atoms with van der Waals surface area (Å²) < 4.78 is 0. The number of aromatic nitrogens is 1. The summed E-state index contributed by atoms with van der Waals surface area (Å²) in [5.41, 5.74) is 2.84. The fraction of sp³-hybridized carbons (Fsp3) is 0.429. The highest BCUT2D eigenvalue weighted by Crippen LogP contribution is 2.19. The molecule has 0 N–H and O–H groups in total. The topological polar surface area (TPSA) is 39.7 Å². The van der Waals surface area contributed by atoms with Crippen molar-refractivity contribution in [1.29, 1.82) is 0 Å². The maximum atomic E-state index is 12.8. The molecule has 2 heterocycles. The third-order valence-corrected chi connectivity index (χ3v) is 5.03. The van der Waals surface area contributed by atoms with Crippen LogP contribution in [0.3, 0.4) is 0 Å². The van der Waals surface area contributed by atoms with Gasteiger partial charge in [0, 0.05) is 51.2 Å². The minimum Gasteiger partial charge on any atom is -0.367 e. The predicted octanol–water partition coefficient (Wildman–Crippen LogP) is 2.89. The largest absolute Gasteiger partial charge is 0.367 e. The van der Waals surface area contributed by atoms with Gasteiger partial charge in [-0.25, -0.2) is 0 Å². The molecule has 138 valence electrons. The highest BCUT2D eigenvalue weighted by Gasteiger charge is 2.22. The van der Waals surface area contributed by atoms with Gasteiger partial charge in [0.2, 0.25) is 0 Å². The molecule has 2 aromatic rings. The summed E-state index contributed by atoms with van der Waals surface area (Å²) in [7, 11) is 0. The van der Waals surface area contributed by atoms with Crippen molar-refractivity contribution >= 4 is 11.6 Å². The number of pyridine rings is 1. The Morgan fingerprint density at radius 2 is 1.81 bits per heavy atom. The Labute approximate surface area is 156 Å². The first kappa shape index (κ1) is 18.4. The van der Waals surface area contributed by atoms with Crippen molar-refractivity contribution in [3.8, 4) is 0 Å². The zero-order valence-corrected chi connectivity index (χ0v) is 15.8. The van der Waals surface area contributed by atoms with Crippen molar-refractivity contribution in [3.05, 3.63) is 59.9 Å². The molecule has 1 aromatic heterocycles. The number of likely N-dealkylation sites (N-methyl/N-ethyl adjacent to an activating group) is 1. The minimum absolute atomic E-state index is 0.0402. The zero-order valence-electron chi connectivity index (χ0n) is 15.8. The number of hydrogen-bond donors (Lipinski definition) is 0. The SMILES string of the molecule is CCN1CCN(C(=O)c2cc(N(CC)Cc3ccccc3)ccn2)CC1. The molecule has 0 spiro atoms. The molecule has 0 aliphatic carbocycles. The summed E-state index contributed by atoms with van der Waals surface area (Å²) in [5, 5.41) is 0. The van der Waals surface area contributed by atoms with Crippen LogP contribution in [-0.2, 0) is 6.54 Å². The third-order valence-electron chi connectivity index (χ3n) is 5.03. The summed E-state index contributed by atoms with van der Waals surface area (Å²) >= 11 is 0. The minimum atomic E-state index is 0.0402. The van der Waals surface area contributed by atoms with Crippen LogP contribution in [0.2, 0.25) is 0 Å². The van der Waals surface area contributed by atoms with Gasteiger partial charge in [0.1, 0.15) is 5.69 Å². The zero-order chi connectivity index (χ0) is 18.4. The quantitative estimate of drug-likeness (QED) is 0.801. The van der Waals surface area contributed by atoms with E-state index in [-0.39, 0.29) is 5.91 Å². The molecule has 0 radical (unpaired) electrons. The average Bonchev–Trinajstić information content (AvgIpc) is 2.72. The smallest absolute Gasteiger partial charge is 0.272 e. The number of amides is 1. The summed E-state index contributed by atoms with van der Waals surface area (Å²) in [6.45, 7) is 10.5. The van der Waals surface area contributed by atoms with E-state index in [0.717, 1.165) is 51.5 Å². The molecule has 5 heteroatoms. The van der Waals surface area contributed by atoms with Gasteiger partial charge in [0.25, 0.3) is 5.91 Å². The van der Waals surface area contributed by atoms with Crippen LogP contribution in [0.4, 0.5) is 5.69 Å².